The van der Waals surface area contributed by atoms with Gasteiger partial charge in [-0.25, -0.2) is 9.07 Å². The van der Waals surface area contributed by atoms with Gasteiger partial charge in [0, 0.05) is 12.7 Å². The maximum Gasteiger partial charge on any atom is 0.276 e. The summed E-state index contributed by atoms with van der Waals surface area (Å²) in [5, 5.41) is 8.17. The third-order valence-corrected chi connectivity index (χ3v) is 5.26. The van der Waals surface area contributed by atoms with Crippen LogP contribution < -0.4 is 0 Å². The van der Waals surface area contributed by atoms with Crippen molar-refractivity contribution in [3.63, 3.8) is 0 Å². The number of carbonyl (C=O) groups excluding carboxylic acids is 1. The van der Waals surface area contributed by atoms with Gasteiger partial charge in [0.25, 0.3) is 5.91 Å². The highest BCUT2D eigenvalue weighted by Crippen LogP contribution is 2.33. The van der Waals surface area contributed by atoms with Crippen LogP contribution in [0, 0.1) is 5.82 Å². The fourth-order valence-electron chi connectivity index (χ4n) is 3.97. The van der Waals surface area contributed by atoms with E-state index in [0.717, 1.165) is 36.9 Å². The number of fused-ring (bicyclic) bond motifs is 1. The molecular weight excluding hydrogens is 369 g/mol. The quantitative estimate of drug-likeness (QED) is 0.639. The summed E-state index contributed by atoms with van der Waals surface area (Å²) in [4.78, 5) is 19.7. The van der Waals surface area contributed by atoms with E-state index in [1.165, 1.54) is 17.7 Å². The van der Waals surface area contributed by atoms with Crippen molar-refractivity contribution in [2.45, 2.75) is 45.2 Å². The van der Waals surface area contributed by atoms with Crippen LogP contribution in [0.25, 0.3) is 0 Å². The first-order valence-electron chi connectivity index (χ1n) is 10.0. The van der Waals surface area contributed by atoms with Crippen molar-refractivity contribution in [2.75, 3.05) is 6.54 Å². The molecule has 6 nitrogen and oxygen atoms in total. The minimum absolute atomic E-state index is 0.0410. The van der Waals surface area contributed by atoms with E-state index < -0.39 is 0 Å². The zero-order chi connectivity index (χ0) is 20.2. The Labute approximate surface area is 169 Å². The molecule has 2 aromatic heterocycles. The van der Waals surface area contributed by atoms with E-state index in [0.29, 0.717) is 18.8 Å². The molecule has 0 saturated heterocycles. The van der Waals surface area contributed by atoms with Crippen LogP contribution in [-0.2, 0) is 13.0 Å². The van der Waals surface area contributed by atoms with E-state index >= 15 is 0 Å². The number of amides is 1. The van der Waals surface area contributed by atoms with E-state index in [1.54, 1.807) is 23.1 Å². The molecule has 29 heavy (non-hydrogen) atoms. The summed E-state index contributed by atoms with van der Waals surface area (Å²) in [7, 11) is 0. The smallest absolute Gasteiger partial charge is 0.276 e. The largest absolute Gasteiger partial charge is 0.329 e. The number of aryl methyl sites for hydroxylation is 1. The predicted molar refractivity (Wildman–Crippen MR) is 107 cm³/mol. The SMILES string of the molecule is CCCN(C(=O)c1cn(Cc2cccc(F)c2)nn1)[C@H]1CCCc2cccnc21. The highest BCUT2D eigenvalue weighted by Gasteiger charge is 2.31. The molecule has 0 fully saturated rings. The number of rotatable bonds is 6. The lowest BCUT2D eigenvalue weighted by molar-refractivity contribution is 0.0645. The number of nitrogens with zero attached hydrogens (tertiary/aromatic N) is 5. The highest BCUT2D eigenvalue weighted by atomic mass is 19.1. The molecule has 0 saturated carbocycles. The molecule has 150 valence electrons. The van der Waals surface area contributed by atoms with Gasteiger partial charge in [-0.2, -0.15) is 0 Å². The van der Waals surface area contributed by atoms with Crippen LogP contribution in [0.5, 0.6) is 0 Å². The van der Waals surface area contributed by atoms with Crippen molar-refractivity contribution < 1.29 is 9.18 Å². The van der Waals surface area contributed by atoms with Gasteiger partial charge in [0.15, 0.2) is 5.69 Å². The number of aromatic nitrogens is 4. The summed E-state index contributed by atoms with van der Waals surface area (Å²) in [6, 6.07) is 10.3. The first kappa shape index (κ1) is 19.2. The molecule has 1 atom stereocenters. The Kier molecular flexibility index (Phi) is 5.64. The molecule has 0 N–H and O–H groups in total. The van der Waals surface area contributed by atoms with Crippen LogP contribution in [0.4, 0.5) is 4.39 Å². The van der Waals surface area contributed by atoms with E-state index in [1.807, 2.05) is 17.0 Å². The van der Waals surface area contributed by atoms with Crippen LogP contribution in [0.15, 0.2) is 48.8 Å². The van der Waals surface area contributed by atoms with Crippen molar-refractivity contribution in [1.29, 1.82) is 0 Å². The van der Waals surface area contributed by atoms with Crippen molar-refractivity contribution >= 4 is 5.91 Å². The van der Waals surface area contributed by atoms with E-state index in [2.05, 4.69) is 28.3 Å². The molecule has 3 aromatic rings. The Bertz CT molecular complexity index is 1000. The zero-order valence-electron chi connectivity index (χ0n) is 16.5. The number of benzene rings is 1. The second-order valence-electron chi connectivity index (χ2n) is 7.39. The maximum absolute atomic E-state index is 13.4. The third-order valence-electron chi connectivity index (χ3n) is 5.26. The normalized spacial score (nSPS) is 15.7. The number of carbonyl (C=O) groups is 1. The van der Waals surface area contributed by atoms with Gasteiger partial charge in [-0.05, 0) is 55.0 Å². The van der Waals surface area contributed by atoms with Crippen molar-refractivity contribution in [3.8, 4) is 0 Å². The Balaban J connectivity index is 1.56. The highest BCUT2D eigenvalue weighted by molar-refractivity contribution is 5.92. The molecule has 1 aromatic carbocycles. The lowest BCUT2D eigenvalue weighted by Gasteiger charge is -2.34. The summed E-state index contributed by atoms with van der Waals surface area (Å²) < 4.78 is 15.0. The van der Waals surface area contributed by atoms with Gasteiger partial charge in [0.1, 0.15) is 5.82 Å². The Morgan fingerprint density at radius 1 is 1.31 bits per heavy atom. The fourth-order valence-corrected chi connectivity index (χ4v) is 3.97. The lowest BCUT2D eigenvalue weighted by atomic mass is 9.90. The first-order valence-corrected chi connectivity index (χ1v) is 10.0. The Morgan fingerprint density at radius 3 is 3.03 bits per heavy atom. The molecule has 0 spiro atoms. The minimum Gasteiger partial charge on any atom is -0.329 e. The summed E-state index contributed by atoms with van der Waals surface area (Å²) in [6.07, 6.45) is 7.20. The van der Waals surface area contributed by atoms with E-state index in [-0.39, 0.29) is 17.8 Å². The van der Waals surface area contributed by atoms with Crippen LogP contribution in [0.2, 0.25) is 0 Å². The summed E-state index contributed by atoms with van der Waals surface area (Å²) >= 11 is 0. The van der Waals surface area contributed by atoms with E-state index in [9.17, 15) is 9.18 Å². The number of halogens is 1. The van der Waals surface area contributed by atoms with Gasteiger partial charge in [0.2, 0.25) is 0 Å². The summed E-state index contributed by atoms with van der Waals surface area (Å²) in [6.45, 7) is 3.05. The molecular formula is C22H24FN5O. The molecule has 0 unspecified atom stereocenters. The number of hydrogen-bond donors (Lipinski definition) is 0. The van der Waals surface area contributed by atoms with Crippen LogP contribution >= 0.6 is 0 Å². The second kappa shape index (κ2) is 8.51. The monoisotopic (exact) mass is 393 g/mol. The van der Waals surface area contributed by atoms with Crippen LogP contribution in [0.1, 0.15) is 59.5 Å². The first-order chi connectivity index (χ1) is 14.2. The van der Waals surface area contributed by atoms with Gasteiger partial charge < -0.3 is 4.90 Å². The van der Waals surface area contributed by atoms with Crippen molar-refractivity contribution in [1.82, 2.24) is 24.9 Å². The lowest BCUT2D eigenvalue weighted by Crippen LogP contribution is -2.38. The van der Waals surface area contributed by atoms with Crippen molar-refractivity contribution in [2.24, 2.45) is 0 Å². The molecule has 1 aliphatic carbocycles. The van der Waals surface area contributed by atoms with Gasteiger partial charge in [0.05, 0.1) is 24.5 Å². The Morgan fingerprint density at radius 2 is 2.21 bits per heavy atom. The number of pyridine rings is 1. The summed E-state index contributed by atoms with van der Waals surface area (Å²) in [5.74, 6) is -0.433. The molecule has 4 rings (SSSR count). The molecule has 0 aliphatic heterocycles. The third kappa shape index (κ3) is 4.18. The average Bonchev–Trinajstić information content (AvgIpc) is 3.20. The van der Waals surface area contributed by atoms with Gasteiger partial charge >= 0.3 is 0 Å². The van der Waals surface area contributed by atoms with Crippen molar-refractivity contribution in [3.05, 3.63) is 77.1 Å². The molecule has 1 amide bonds. The van der Waals surface area contributed by atoms with Gasteiger partial charge in [-0.15, -0.1) is 5.10 Å². The average molecular weight is 393 g/mol. The molecule has 0 radical (unpaired) electrons. The fraction of sp³-hybridized carbons (Fsp3) is 0.364. The van der Waals surface area contributed by atoms with Gasteiger partial charge in [-0.3, -0.25) is 9.78 Å². The Hall–Kier alpha value is -3.09. The molecule has 0 bridgehead atoms. The van der Waals surface area contributed by atoms with Gasteiger partial charge in [-0.1, -0.05) is 30.3 Å². The molecule has 7 heteroatoms. The summed E-state index contributed by atoms with van der Waals surface area (Å²) in [5.41, 5.74) is 3.28. The molecule has 1 aliphatic rings. The zero-order valence-corrected chi connectivity index (χ0v) is 16.5. The van der Waals surface area contributed by atoms with Crippen LogP contribution in [-0.4, -0.2) is 37.3 Å². The minimum atomic E-state index is -0.295. The second-order valence-corrected chi connectivity index (χ2v) is 7.39. The topological polar surface area (TPSA) is 63.9 Å². The molecule has 2 heterocycles. The maximum atomic E-state index is 13.4. The number of hydrogen-bond acceptors (Lipinski definition) is 4. The predicted octanol–water partition coefficient (Wildman–Crippen LogP) is 3.79. The standard InChI is InChI=1S/C22H24FN5O/c1-2-12-28(20-10-4-7-17-8-5-11-24-21(17)20)22(29)19-15-27(26-25-19)14-16-6-3-9-18(23)13-16/h3,5-6,8-9,11,13,15,20H,2,4,7,10,12,14H2,1H3/t20-/m0/s1. The van der Waals surface area contributed by atoms with E-state index in [4.69, 9.17) is 0 Å². The van der Waals surface area contributed by atoms with Crippen LogP contribution in [0.3, 0.4) is 0 Å².